The summed E-state index contributed by atoms with van der Waals surface area (Å²) in [6.45, 7) is 0. The highest BCUT2D eigenvalue weighted by molar-refractivity contribution is 5.45. The maximum absolute atomic E-state index is 9.92. The van der Waals surface area contributed by atoms with E-state index in [1.807, 2.05) is 0 Å². The summed E-state index contributed by atoms with van der Waals surface area (Å²) in [6, 6.07) is 0.0837. The van der Waals surface area contributed by atoms with E-state index in [-0.39, 0.29) is 12.1 Å². The number of nitrogens with one attached hydrogen (secondary N) is 1. The molecule has 0 saturated heterocycles. The van der Waals surface area contributed by atoms with E-state index in [2.05, 4.69) is 20.4 Å². The molecule has 0 aromatic carbocycles. The fourth-order valence-corrected chi connectivity index (χ4v) is 2.32. The summed E-state index contributed by atoms with van der Waals surface area (Å²) in [5, 5.41) is 17.4. The van der Waals surface area contributed by atoms with Crippen molar-refractivity contribution >= 4 is 11.5 Å². The van der Waals surface area contributed by atoms with Crippen LogP contribution in [-0.4, -0.2) is 36.8 Å². The molecular weight excluding hydrogens is 218 g/mol. The highest BCUT2D eigenvalue weighted by atomic mass is 16.3. The number of rotatable bonds is 2. The Morgan fingerprint density at radius 3 is 3.06 bits per heavy atom. The van der Waals surface area contributed by atoms with Crippen LogP contribution in [0.4, 0.5) is 5.82 Å². The fraction of sp³-hybridized carbons (Fsp3) is 0.545. The van der Waals surface area contributed by atoms with E-state index in [0.29, 0.717) is 5.65 Å². The van der Waals surface area contributed by atoms with Crippen molar-refractivity contribution in [1.82, 2.24) is 19.6 Å². The smallest absolute Gasteiger partial charge is 0.175 e. The van der Waals surface area contributed by atoms with Crippen molar-refractivity contribution in [2.24, 2.45) is 0 Å². The van der Waals surface area contributed by atoms with Gasteiger partial charge in [-0.3, -0.25) is 4.98 Å². The Morgan fingerprint density at radius 2 is 2.18 bits per heavy atom. The van der Waals surface area contributed by atoms with Crippen molar-refractivity contribution in [3.63, 3.8) is 0 Å². The number of anilines is 1. The zero-order valence-electron chi connectivity index (χ0n) is 9.45. The van der Waals surface area contributed by atoms with Crippen LogP contribution < -0.4 is 5.32 Å². The minimum atomic E-state index is -0.289. The van der Waals surface area contributed by atoms with Crippen LogP contribution in [0.1, 0.15) is 25.7 Å². The van der Waals surface area contributed by atoms with Crippen LogP contribution in [0.2, 0.25) is 0 Å². The van der Waals surface area contributed by atoms with E-state index in [0.717, 1.165) is 31.5 Å². The summed E-state index contributed by atoms with van der Waals surface area (Å²) in [4.78, 5) is 8.19. The molecule has 0 aliphatic heterocycles. The van der Waals surface area contributed by atoms with Crippen molar-refractivity contribution in [2.45, 2.75) is 37.8 Å². The molecule has 17 heavy (non-hydrogen) atoms. The van der Waals surface area contributed by atoms with Gasteiger partial charge in [-0.15, -0.1) is 0 Å². The van der Waals surface area contributed by atoms with Crippen molar-refractivity contribution in [3.05, 3.63) is 18.7 Å². The average molecular weight is 233 g/mol. The van der Waals surface area contributed by atoms with Crippen molar-refractivity contribution in [1.29, 1.82) is 0 Å². The molecule has 90 valence electrons. The molecule has 0 bridgehead atoms. The normalized spacial score (nSPS) is 25.0. The van der Waals surface area contributed by atoms with Gasteiger partial charge in [-0.05, 0) is 12.8 Å². The zero-order valence-corrected chi connectivity index (χ0v) is 9.45. The molecule has 3 rings (SSSR count). The Kier molecular flexibility index (Phi) is 2.64. The van der Waals surface area contributed by atoms with Crippen LogP contribution in [-0.2, 0) is 0 Å². The van der Waals surface area contributed by atoms with Gasteiger partial charge in [0.25, 0.3) is 0 Å². The average Bonchev–Trinajstić information content (AvgIpc) is 2.81. The van der Waals surface area contributed by atoms with Gasteiger partial charge in [0.05, 0.1) is 24.5 Å². The maximum atomic E-state index is 9.92. The van der Waals surface area contributed by atoms with Crippen LogP contribution in [0.25, 0.3) is 5.65 Å². The van der Waals surface area contributed by atoms with Gasteiger partial charge < -0.3 is 10.4 Å². The lowest BCUT2D eigenvalue weighted by molar-refractivity contribution is 0.116. The minimum absolute atomic E-state index is 0.0837. The first-order valence-corrected chi connectivity index (χ1v) is 5.93. The number of hydrogen-bond donors (Lipinski definition) is 2. The second-order valence-electron chi connectivity index (χ2n) is 4.43. The van der Waals surface area contributed by atoms with Gasteiger partial charge in [0.1, 0.15) is 12.1 Å². The maximum Gasteiger partial charge on any atom is 0.175 e. The molecule has 2 N–H and O–H groups in total. The van der Waals surface area contributed by atoms with Crippen molar-refractivity contribution in [2.75, 3.05) is 5.32 Å². The summed E-state index contributed by atoms with van der Waals surface area (Å²) in [5.41, 5.74) is 0.709. The largest absolute Gasteiger partial charge is 0.391 e. The van der Waals surface area contributed by atoms with E-state index in [4.69, 9.17) is 0 Å². The molecule has 1 saturated carbocycles. The third kappa shape index (κ3) is 1.95. The summed E-state index contributed by atoms with van der Waals surface area (Å²) < 4.78 is 1.70. The first kappa shape index (κ1) is 10.5. The zero-order chi connectivity index (χ0) is 11.7. The fourth-order valence-electron chi connectivity index (χ4n) is 2.32. The molecule has 2 aromatic rings. The number of aliphatic hydroxyl groups excluding tert-OH is 1. The van der Waals surface area contributed by atoms with Gasteiger partial charge in [-0.2, -0.15) is 9.61 Å². The topological polar surface area (TPSA) is 75.3 Å². The number of aromatic nitrogens is 4. The Hall–Kier alpha value is -1.69. The Morgan fingerprint density at radius 1 is 1.29 bits per heavy atom. The second-order valence-corrected chi connectivity index (χ2v) is 4.43. The third-order valence-electron chi connectivity index (χ3n) is 3.25. The summed E-state index contributed by atoms with van der Waals surface area (Å²) in [6.07, 6.45) is 8.67. The van der Waals surface area contributed by atoms with E-state index in [1.54, 1.807) is 16.9 Å². The second kappa shape index (κ2) is 4.29. The van der Waals surface area contributed by atoms with Gasteiger partial charge in [-0.1, -0.05) is 12.8 Å². The third-order valence-corrected chi connectivity index (χ3v) is 3.25. The molecule has 0 amide bonds. The molecule has 1 fully saturated rings. The molecule has 1 aliphatic rings. The standard InChI is InChI=1S/C11H15N5O/c17-9-4-2-1-3-8(9)15-11-6-12-5-10-13-7-14-16(10)11/h5-9,15,17H,1-4H2/t8-,9-/m1/s1. The monoisotopic (exact) mass is 233 g/mol. The SMILES string of the molecule is O[C@@H]1CCCC[C@H]1Nc1cncc2ncnn12. The molecule has 0 radical (unpaired) electrons. The van der Waals surface area contributed by atoms with Crippen molar-refractivity contribution < 1.29 is 5.11 Å². The van der Waals surface area contributed by atoms with Crippen LogP contribution in [0.3, 0.4) is 0 Å². The predicted octanol–water partition coefficient (Wildman–Crippen LogP) is 0.840. The quantitative estimate of drug-likeness (QED) is 0.804. The number of nitrogens with zero attached hydrogens (tertiary/aromatic N) is 4. The molecular formula is C11H15N5O. The molecule has 1 aliphatic carbocycles. The van der Waals surface area contributed by atoms with Crippen molar-refractivity contribution in [3.8, 4) is 0 Å². The molecule has 2 atom stereocenters. The number of fused-ring (bicyclic) bond motifs is 1. The molecule has 6 nitrogen and oxygen atoms in total. The highest BCUT2D eigenvalue weighted by Crippen LogP contribution is 2.21. The van der Waals surface area contributed by atoms with E-state index in [9.17, 15) is 5.11 Å². The molecule has 6 heteroatoms. The lowest BCUT2D eigenvalue weighted by atomic mass is 9.93. The molecule has 2 heterocycles. The molecule has 0 spiro atoms. The predicted molar refractivity (Wildman–Crippen MR) is 62.7 cm³/mol. The number of aliphatic hydroxyl groups is 1. The first-order chi connectivity index (χ1) is 8.34. The Labute approximate surface area is 98.7 Å². The van der Waals surface area contributed by atoms with E-state index < -0.39 is 0 Å². The minimum Gasteiger partial charge on any atom is -0.391 e. The first-order valence-electron chi connectivity index (χ1n) is 5.93. The van der Waals surface area contributed by atoms with E-state index >= 15 is 0 Å². The van der Waals surface area contributed by atoms with Gasteiger partial charge in [0, 0.05) is 0 Å². The highest BCUT2D eigenvalue weighted by Gasteiger charge is 2.23. The summed E-state index contributed by atoms with van der Waals surface area (Å²) in [5.74, 6) is 0.783. The van der Waals surface area contributed by atoms with Gasteiger partial charge in [-0.25, -0.2) is 4.98 Å². The lowest BCUT2D eigenvalue weighted by Crippen LogP contribution is -2.36. The Balaban J connectivity index is 1.86. The van der Waals surface area contributed by atoms with Crippen LogP contribution in [0.5, 0.6) is 0 Å². The molecule has 2 aromatic heterocycles. The molecule has 0 unspecified atom stereocenters. The summed E-state index contributed by atoms with van der Waals surface area (Å²) >= 11 is 0. The van der Waals surface area contributed by atoms with Gasteiger partial charge in [0.15, 0.2) is 5.65 Å². The summed E-state index contributed by atoms with van der Waals surface area (Å²) in [7, 11) is 0. The van der Waals surface area contributed by atoms with Crippen LogP contribution in [0, 0.1) is 0 Å². The van der Waals surface area contributed by atoms with Gasteiger partial charge in [0.2, 0.25) is 0 Å². The number of hydrogen-bond acceptors (Lipinski definition) is 5. The van der Waals surface area contributed by atoms with Gasteiger partial charge >= 0.3 is 0 Å². The Bertz CT molecular complexity index is 511. The van der Waals surface area contributed by atoms with E-state index in [1.165, 1.54) is 6.33 Å². The van der Waals surface area contributed by atoms with Crippen LogP contribution >= 0.6 is 0 Å². The lowest BCUT2D eigenvalue weighted by Gasteiger charge is -2.28. The van der Waals surface area contributed by atoms with Crippen LogP contribution in [0.15, 0.2) is 18.7 Å².